The number of nitrogen functional groups attached to an aromatic ring is 1. The third-order valence-corrected chi connectivity index (χ3v) is 3.24. The summed E-state index contributed by atoms with van der Waals surface area (Å²) in [7, 11) is 0.687. The van der Waals surface area contributed by atoms with Crippen molar-refractivity contribution in [3.63, 3.8) is 0 Å². The highest BCUT2D eigenvalue weighted by molar-refractivity contribution is 7.85. The van der Waals surface area contributed by atoms with Gasteiger partial charge in [-0.1, -0.05) is 6.07 Å². The van der Waals surface area contributed by atoms with Gasteiger partial charge in [-0.05, 0) is 24.6 Å². The molecule has 1 atom stereocenters. The molecule has 0 fully saturated rings. The maximum absolute atomic E-state index is 11.7. The van der Waals surface area contributed by atoms with Gasteiger partial charge >= 0.3 is 0 Å². The quantitative estimate of drug-likeness (QED) is 0.594. The maximum Gasteiger partial charge on any atom is 0.0531 e. The molecule has 2 N–H and O–H groups in total. The zero-order valence-corrected chi connectivity index (χ0v) is 9.05. The Morgan fingerprint density at radius 1 is 1.50 bits per heavy atom. The molecule has 4 heteroatoms. The molecule has 0 aliphatic heterocycles. The highest BCUT2D eigenvalue weighted by Crippen LogP contribution is 2.11. The zero-order valence-electron chi connectivity index (χ0n) is 8.23. The van der Waals surface area contributed by atoms with Gasteiger partial charge in [0.25, 0.3) is 0 Å². The summed E-state index contributed by atoms with van der Waals surface area (Å²) < 4.78 is 16.6. The summed E-state index contributed by atoms with van der Waals surface area (Å²) >= 11 is 0. The van der Waals surface area contributed by atoms with Gasteiger partial charge in [-0.15, -0.1) is 0 Å². The van der Waals surface area contributed by atoms with Gasteiger partial charge in [-0.25, -0.2) is 0 Å². The van der Waals surface area contributed by atoms with Crippen LogP contribution in [0.15, 0.2) is 29.2 Å². The van der Waals surface area contributed by atoms with Crippen molar-refractivity contribution in [1.29, 1.82) is 0 Å². The van der Waals surface area contributed by atoms with E-state index in [9.17, 15) is 4.21 Å². The molecule has 0 aliphatic carbocycles. The molecule has 0 saturated heterocycles. The van der Waals surface area contributed by atoms with Crippen LogP contribution in [0, 0.1) is 0 Å². The molecule has 1 aromatic rings. The number of nitrogens with two attached hydrogens (primary N) is 1. The van der Waals surface area contributed by atoms with E-state index >= 15 is 0 Å². The number of hydrogen-bond acceptors (Lipinski definition) is 3. The second kappa shape index (κ2) is 5.78. The lowest BCUT2D eigenvalue weighted by atomic mass is 10.3. The fourth-order valence-corrected chi connectivity index (χ4v) is 2.22. The first-order chi connectivity index (χ1) is 6.74. The van der Waals surface area contributed by atoms with Gasteiger partial charge in [0.2, 0.25) is 0 Å². The lowest BCUT2D eigenvalue weighted by Gasteiger charge is -2.02. The van der Waals surface area contributed by atoms with Crippen LogP contribution in [0.25, 0.3) is 0 Å². The molecule has 1 aromatic carbocycles. The third kappa shape index (κ3) is 3.47. The minimum absolute atomic E-state index is 0.622. The van der Waals surface area contributed by atoms with Crippen LogP contribution in [0.5, 0.6) is 0 Å². The molecule has 1 rings (SSSR count). The lowest BCUT2D eigenvalue weighted by molar-refractivity contribution is 0.200. The van der Waals surface area contributed by atoms with Gasteiger partial charge in [0, 0.05) is 30.1 Å². The highest BCUT2D eigenvalue weighted by atomic mass is 32.2. The van der Waals surface area contributed by atoms with Crippen LogP contribution in [-0.4, -0.2) is 23.7 Å². The Hall–Kier alpha value is -0.870. The number of hydrogen-bond donors (Lipinski definition) is 1. The lowest BCUT2D eigenvalue weighted by Crippen LogP contribution is -2.02. The average Bonchev–Trinajstić information content (AvgIpc) is 2.18. The summed E-state index contributed by atoms with van der Waals surface area (Å²) in [6, 6.07) is 7.19. The average molecular weight is 213 g/mol. The molecule has 0 aromatic heterocycles. The van der Waals surface area contributed by atoms with E-state index in [1.165, 1.54) is 0 Å². The number of ether oxygens (including phenoxy) is 1. The van der Waals surface area contributed by atoms with Crippen LogP contribution in [0.4, 0.5) is 5.69 Å². The van der Waals surface area contributed by atoms with Crippen molar-refractivity contribution in [2.75, 3.05) is 25.2 Å². The molecule has 0 aliphatic rings. The van der Waals surface area contributed by atoms with Gasteiger partial charge in [-0.3, -0.25) is 4.21 Å². The van der Waals surface area contributed by atoms with Crippen molar-refractivity contribution in [2.24, 2.45) is 0 Å². The van der Waals surface area contributed by atoms with Crippen LogP contribution >= 0.6 is 0 Å². The van der Waals surface area contributed by atoms with Gasteiger partial charge in [0.05, 0.1) is 10.8 Å². The van der Waals surface area contributed by atoms with Crippen LogP contribution < -0.4 is 5.73 Å². The van der Waals surface area contributed by atoms with Crippen LogP contribution in [0.1, 0.15) is 6.42 Å². The first-order valence-corrected chi connectivity index (χ1v) is 5.79. The van der Waals surface area contributed by atoms with Crippen molar-refractivity contribution in [2.45, 2.75) is 11.3 Å². The predicted molar refractivity (Wildman–Crippen MR) is 58.6 cm³/mol. The van der Waals surface area contributed by atoms with E-state index in [0.29, 0.717) is 18.0 Å². The Bertz CT molecular complexity index is 315. The number of anilines is 1. The summed E-state index contributed by atoms with van der Waals surface area (Å²) in [5.41, 5.74) is 6.25. The van der Waals surface area contributed by atoms with Crippen LogP contribution in [0.3, 0.4) is 0 Å². The van der Waals surface area contributed by atoms with Crippen molar-refractivity contribution < 1.29 is 8.95 Å². The van der Waals surface area contributed by atoms with E-state index in [1.807, 2.05) is 12.1 Å². The van der Waals surface area contributed by atoms with E-state index in [1.54, 1.807) is 19.2 Å². The zero-order chi connectivity index (χ0) is 10.4. The van der Waals surface area contributed by atoms with Crippen molar-refractivity contribution in [3.05, 3.63) is 24.3 Å². The van der Waals surface area contributed by atoms with E-state index in [2.05, 4.69) is 0 Å². The normalized spacial score (nSPS) is 12.6. The minimum atomic E-state index is -0.955. The predicted octanol–water partition coefficient (Wildman–Crippen LogP) is 1.41. The largest absolute Gasteiger partial charge is 0.399 e. The Labute approximate surface area is 86.7 Å². The first kappa shape index (κ1) is 11.2. The Kier molecular flexibility index (Phi) is 4.62. The highest BCUT2D eigenvalue weighted by Gasteiger charge is 2.02. The van der Waals surface area contributed by atoms with Gasteiger partial charge < -0.3 is 10.5 Å². The Morgan fingerprint density at radius 3 is 2.93 bits per heavy atom. The second-order valence-corrected chi connectivity index (χ2v) is 4.54. The molecule has 0 heterocycles. The molecule has 0 spiro atoms. The minimum Gasteiger partial charge on any atom is -0.399 e. The van der Waals surface area contributed by atoms with Crippen LogP contribution in [0.2, 0.25) is 0 Å². The Morgan fingerprint density at radius 2 is 2.29 bits per heavy atom. The van der Waals surface area contributed by atoms with Crippen molar-refractivity contribution >= 4 is 16.5 Å². The topological polar surface area (TPSA) is 52.3 Å². The number of rotatable bonds is 5. The van der Waals surface area contributed by atoms with Crippen molar-refractivity contribution in [1.82, 2.24) is 0 Å². The molecule has 0 bridgehead atoms. The second-order valence-electron chi connectivity index (χ2n) is 2.97. The molecule has 0 radical (unpaired) electrons. The fourth-order valence-electron chi connectivity index (χ4n) is 1.11. The molecule has 0 saturated carbocycles. The molecular weight excluding hydrogens is 198 g/mol. The molecular formula is C10H15NO2S. The van der Waals surface area contributed by atoms with E-state index in [-0.39, 0.29) is 0 Å². The third-order valence-electron chi connectivity index (χ3n) is 1.80. The standard InChI is InChI=1S/C10H15NO2S/c1-13-6-3-7-14(12)10-5-2-4-9(11)8-10/h2,4-5,8H,3,6-7,11H2,1H3. The monoisotopic (exact) mass is 213 g/mol. The smallest absolute Gasteiger partial charge is 0.0531 e. The van der Waals surface area contributed by atoms with Crippen LogP contribution in [-0.2, 0) is 15.5 Å². The molecule has 1 unspecified atom stereocenters. The van der Waals surface area contributed by atoms with Crippen molar-refractivity contribution in [3.8, 4) is 0 Å². The molecule has 3 nitrogen and oxygen atoms in total. The first-order valence-electron chi connectivity index (χ1n) is 4.47. The summed E-state index contributed by atoms with van der Waals surface area (Å²) in [6.45, 7) is 0.647. The molecule has 78 valence electrons. The van der Waals surface area contributed by atoms with Gasteiger partial charge in [0.1, 0.15) is 0 Å². The fraction of sp³-hybridized carbons (Fsp3) is 0.400. The van der Waals surface area contributed by atoms with Gasteiger partial charge in [0.15, 0.2) is 0 Å². The summed E-state index contributed by atoms with van der Waals surface area (Å²) in [5.74, 6) is 0.622. The van der Waals surface area contributed by atoms with Gasteiger partial charge in [-0.2, -0.15) is 0 Å². The van der Waals surface area contributed by atoms with E-state index in [0.717, 1.165) is 11.3 Å². The SMILES string of the molecule is COCCCS(=O)c1cccc(N)c1. The molecule has 14 heavy (non-hydrogen) atoms. The number of methoxy groups -OCH3 is 1. The van der Waals surface area contributed by atoms with E-state index < -0.39 is 10.8 Å². The van der Waals surface area contributed by atoms with E-state index in [4.69, 9.17) is 10.5 Å². The summed E-state index contributed by atoms with van der Waals surface area (Å²) in [6.07, 6.45) is 0.803. The number of benzene rings is 1. The summed E-state index contributed by atoms with van der Waals surface area (Å²) in [4.78, 5) is 0.793. The molecule has 0 amide bonds. The summed E-state index contributed by atoms with van der Waals surface area (Å²) in [5, 5.41) is 0. The Balaban J connectivity index is 2.52. The maximum atomic E-state index is 11.7.